The first-order valence-electron chi connectivity index (χ1n) is 5.23. The zero-order chi connectivity index (χ0) is 14.0. The van der Waals surface area contributed by atoms with Crippen molar-refractivity contribution in [2.75, 3.05) is 5.32 Å². The number of rotatable bonds is 2. The lowest BCUT2D eigenvalue weighted by Crippen LogP contribution is -2.13. The molecule has 0 fully saturated rings. The summed E-state index contributed by atoms with van der Waals surface area (Å²) in [5.74, 6) is -1.41. The van der Waals surface area contributed by atoms with Crippen LogP contribution in [0.2, 0.25) is 5.02 Å². The van der Waals surface area contributed by atoms with Gasteiger partial charge in [0, 0.05) is 11.8 Å². The number of amides is 1. The molecule has 2 N–H and O–H groups in total. The highest BCUT2D eigenvalue weighted by Crippen LogP contribution is 2.27. The number of carbonyl (C=O) groups excluding carboxylic acids is 1. The molecule has 0 saturated carbocycles. The van der Waals surface area contributed by atoms with E-state index in [0.717, 1.165) is 0 Å². The maximum absolute atomic E-state index is 13.7. The summed E-state index contributed by atoms with van der Waals surface area (Å²) in [7, 11) is 0. The molecule has 98 valence electrons. The Morgan fingerprint density at radius 2 is 2.05 bits per heavy atom. The van der Waals surface area contributed by atoms with Crippen LogP contribution < -0.4 is 5.32 Å². The minimum absolute atomic E-state index is 0.0937. The van der Waals surface area contributed by atoms with Crippen LogP contribution in [0, 0.1) is 5.82 Å². The summed E-state index contributed by atoms with van der Waals surface area (Å²) < 4.78 is 13.9. The zero-order valence-electron chi connectivity index (χ0n) is 9.45. The van der Waals surface area contributed by atoms with Crippen molar-refractivity contribution in [3.05, 3.63) is 57.3 Å². The SMILES string of the molecule is O=C(Nc1ccc(Cl)c(O)c1)c1cccc(Br)c1F. The normalized spacial score (nSPS) is 10.3. The molecule has 19 heavy (non-hydrogen) atoms. The molecule has 3 nitrogen and oxygen atoms in total. The Morgan fingerprint density at radius 1 is 1.32 bits per heavy atom. The molecule has 1 amide bonds. The molecule has 2 aromatic rings. The molecule has 2 aromatic carbocycles. The fraction of sp³-hybridized carbons (Fsp3) is 0. The molecule has 2 rings (SSSR count). The standard InChI is InChI=1S/C13H8BrClFNO2/c14-9-3-1-2-8(12(9)16)13(19)17-7-4-5-10(15)11(18)6-7/h1-6,18H,(H,17,19). The van der Waals surface area contributed by atoms with E-state index in [2.05, 4.69) is 21.2 Å². The average molecular weight is 345 g/mol. The molecule has 0 radical (unpaired) electrons. The quantitative estimate of drug-likeness (QED) is 0.858. The van der Waals surface area contributed by atoms with Crippen LogP contribution in [-0.2, 0) is 0 Å². The van der Waals surface area contributed by atoms with Gasteiger partial charge in [0.15, 0.2) is 0 Å². The Balaban J connectivity index is 2.26. The highest BCUT2D eigenvalue weighted by atomic mass is 79.9. The molecule has 6 heteroatoms. The Kier molecular flexibility index (Phi) is 4.07. The summed E-state index contributed by atoms with van der Waals surface area (Å²) in [6.07, 6.45) is 0. The predicted octanol–water partition coefficient (Wildman–Crippen LogP) is 4.20. The molecule has 0 saturated heterocycles. The van der Waals surface area contributed by atoms with Gasteiger partial charge in [0.05, 0.1) is 15.1 Å². The number of phenols is 1. The van der Waals surface area contributed by atoms with E-state index in [1.54, 1.807) is 6.07 Å². The van der Waals surface area contributed by atoms with Crippen molar-refractivity contribution < 1.29 is 14.3 Å². The van der Waals surface area contributed by atoms with Crippen molar-refractivity contribution in [3.8, 4) is 5.75 Å². The molecular formula is C13H8BrClFNO2. The third kappa shape index (κ3) is 3.05. The summed E-state index contributed by atoms with van der Waals surface area (Å²) in [6, 6.07) is 8.66. The second-order valence-electron chi connectivity index (χ2n) is 3.72. The van der Waals surface area contributed by atoms with Crippen LogP contribution in [0.4, 0.5) is 10.1 Å². The highest BCUT2D eigenvalue weighted by Gasteiger charge is 2.14. The Labute approximate surface area is 122 Å². The minimum Gasteiger partial charge on any atom is -0.506 e. The maximum Gasteiger partial charge on any atom is 0.258 e. The number of carbonyl (C=O) groups is 1. The summed E-state index contributed by atoms with van der Waals surface area (Å²) in [5, 5.41) is 12.1. The van der Waals surface area contributed by atoms with E-state index in [4.69, 9.17) is 11.6 Å². The number of hydrogen-bond donors (Lipinski definition) is 2. The van der Waals surface area contributed by atoms with Gasteiger partial charge in [-0.15, -0.1) is 0 Å². The number of benzene rings is 2. The largest absolute Gasteiger partial charge is 0.506 e. The van der Waals surface area contributed by atoms with Crippen molar-refractivity contribution in [1.29, 1.82) is 0 Å². The lowest BCUT2D eigenvalue weighted by Gasteiger charge is -2.07. The Hall–Kier alpha value is -1.59. The van der Waals surface area contributed by atoms with E-state index >= 15 is 0 Å². The second-order valence-corrected chi connectivity index (χ2v) is 4.98. The maximum atomic E-state index is 13.7. The van der Waals surface area contributed by atoms with Crippen molar-refractivity contribution >= 4 is 39.1 Å². The molecule has 0 heterocycles. The summed E-state index contributed by atoms with van der Waals surface area (Å²) >= 11 is 8.66. The van der Waals surface area contributed by atoms with Gasteiger partial charge in [-0.3, -0.25) is 4.79 Å². The number of aromatic hydroxyl groups is 1. The second kappa shape index (κ2) is 5.59. The van der Waals surface area contributed by atoms with E-state index in [1.807, 2.05) is 0 Å². The van der Waals surface area contributed by atoms with Gasteiger partial charge >= 0.3 is 0 Å². The van der Waals surface area contributed by atoms with Crippen LogP contribution in [0.25, 0.3) is 0 Å². The van der Waals surface area contributed by atoms with Gasteiger partial charge in [0.2, 0.25) is 0 Å². The van der Waals surface area contributed by atoms with Crippen LogP contribution in [0.3, 0.4) is 0 Å². The molecule has 0 aromatic heterocycles. The first kappa shape index (κ1) is 13.8. The third-order valence-corrected chi connectivity index (χ3v) is 3.33. The zero-order valence-corrected chi connectivity index (χ0v) is 11.8. The number of phenolic OH excluding ortho intramolecular Hbond substituents is 1. The third-order valence-electron chi connectivity index (χ3n) is 2.40. The van der Waals surface area contributed by atoms with Crippen molar-refractivity contribution in [2.45, 2.75) is 0 Å². The molecule has 0 spiro atoms. The molecule has 0 bridgehead atoms. The van der Waals surface area contributed by atoms with Gasteiger partial charge < -0.3 is 10.4 Å². The van der Waals surface area contributed by atoms with Crippen LogP contribution in [0.1, 0.15) is 10.4 Å². The van der Waals surface area contributed by atoms with E-state index in [1.165, 1.54) is 30.3 Å². The monoisotopic (exact) mass is 343 g/mol. The van der Waals surface area contributed by atoms with Crippen LogP contribution >= 0.6 is 27.5 Å². The van der Waals surface area contributed by atoms with E-state index in [9.17, 15) is 14.3 Å². The summed E-state index contributed by atoms with van der Waals surface area (Å²) in [4.78, 5) is 11.9. The van der Waals surface area contributed by atoms with Crippen molar-refractivity contribution in [2.24, 2.45) is 0 Å². The number of hydrogen-bond acceptors (Lipinski definition) is 2. The van der Waals surface area contributed by atoms with Gasteiger partial charge in [0.25, 0.3) is 5.91 Å². The number of nitrogens with one attached hydrogen (secondary N) is 1. The molecule has 0 unspecified atom stereocenters. The molecule has 0 atom stereocenters. The molecule has 0 aliphatic rings. The van der Waals surface area contributed by atoms with Gasteiger partial charge in [0.1, 0.15) is 11.6 Å². The first-order chi connectivity index (χ1) is 8.99. The molecular weight excluding hydrogens is 337 g/mol. The van der Waals surface area contributed by atoms with Gasteiger partial charge in [-0.2, -0.15) is 0 Å². The lowest BCUT2D eigenvalue weighted by molar-refractivity contribution is 0.102. The van der Waals surface area contributed by atoms with Gasteiger partial charge in [-0.1, -0.05) is 17.7 Å². The number of halogens is 3. The fourth-order valence-corrected chi connectivity index (χ4v) is 1.95. The average Bonchev–Trinajstić information content (AvgIpc) is 2.37. The molecule has 0 aliphatic carbocycles. The van der Waals surface area contributed by atoms with E-state index in [-0.39, 0.29) is 20.8 Å². The smallest absolute Gasteiger partial charge is 0.258 e. The first-order valence-corrected chi connectivity index (χ1v) is 6.40. The van der Waals surface area contributed by atoms with Crippen LogP contribution in [0.5, 0.6) is 5.75 Å². The predicted molar refractivity (Wildman–Crippen MR) is 75.2 cm³/mol. The minimum atomic E-state index is -0.641. The Morgan fingerprint density at radius 3 is 2.74 bits per heavy atom. The van der Waals surface area contributed by atoms with Crippen molar-refractivity contribution in [1.82, 2.24) is 0 Å². The van der Waals surface area contributed by atoms with Gasteiger partial charge in [-0.05, 0) is 40.2 Å². The summed E-state index contributed by atoms with van der Waals surface area (Å²) in [6.45, 7) is 0. The fourth-order valence-electron chi connectivity index (χ4n) is 1.47. The summed E-state index contributed by atoms with van der Waals surface area (Å²) in [5.41, 5.74) is 0.232. The topological polar surface area (TPSA) is 49.3 Å². The highest BCUT2D eigenvalue weighted by molar-refractivity contribution is 9.10. The van der Waals surface area contributed by atoms with E-state index in [0.29, 0.717) is 5.69 Å². The number of anilines is 1. The van der Waals surface area contributed by atoms with Crippen LogP contribution in [0.15, 0.2) is 40.9 Å². The molecule has 0 aliphatic heterocycles. The van der Waals surface area contributed by atoms with Crippen LogP contribution in [-0.4, -0.2) is 11.0 Å². The van der Waals surface area contributed by atoms with Gasteiger partial charge in [-0.25, -0.2) is 4.39 Å². The van der Waals surface area contributed by atoms with E-state index < -0.39 is 11.7 Å². The lowest BCUT2D eigenvalue weighted by atomic mass is 10.2. The van der Waals surface area contributed by atoms with Crippen molar-refractivity contribution in [3.63, 3.8) is 0 Å². The Bertz CT molecular complexity index is 649.